The van der Waals surface area contributed by atoms with E-state index >= 15 is 0 Å². The average Bonchev–Trinajstić information content (AvgIpc) is 2.86. The molecule has 5 nitrogen and oxygen atoms in total. The van der Waals surface area contributed by atoms with E-state index in [4.69, 9.17) is 0 Å². The van der Waals surface area contributed by atoms with Crippen molar-refractivity contribution in [3.63, 3.8) is 0 Å². The number of carbonyl (C=O) groups excluding carboxylic acids is 3. The number of rotatable bonds is 5. The van der Waals surface area contributed by atoms with Crippen molar-refractivity contribution in [2.24, 2.45) is 0 Å². The molecule has 1 aliphatic heterocycles. The highest BCUT2D eigenvalue weighted by atomic mass is 16.2. The van der Waals surface area contributed by atoms with E-state index in [0.29, 0.717) is 17.0 Å². The molecular formula is C21H22N2O3. The van der Waals surface area contributed by atoms with E-state index in [1.807, 2.05) is 30.3 Å². The van der Waals surface area contributed by atoms with Crippen molar-refractivity contribution < 1.29 is 14.4 Å². The summed E-state index contributed by atoms with van der Waals surface area (Å²) in [5.74, 6) is -0.302. The van der Waals surface area contributed by atoms with Gasteiger partial charge in [-0.25, -0.2) is 4.79 Å². The minimum atomic E-state index is -1.16. The Kier molecular flexibility index (Phi) is 4.64. The van der Waals surface area contributed by atoms with Gasteiger partial charge in [0, 0.05) is 5.56 Å². The van der Waals surface area contributed by atoms with E-state index < -0.39 is 17.5 Å². The molecule has 0 bridgehead atoms. The molecule has 3 amide bonds. The Labute approximate surface area is 153 Å². The number of hydrogen-bond donors (Lipinski definition) is 1. The highest BCUT2D eigenvalue weighted by Crippen LogP contribution is 2.30. The van der Waals surface area contributed by atoms with Crippen molar-refractivity contribution in [2.75, 3.05) is 6.54 Å². The number of ketones is 1. The Morgan fingerprint density at radius 3 is 2.23 bits per heavy atom. The molecule has 26 heavy (non-hydrogen) atoms. The van der Waals surface area contributed by atoms with Crippen LogP contribution >= 0.6 is 0 Å². The monoisotopic (exact) mass is 350 g/mol. The van der Waals surface area contributed by atoms with Gasteiger partial charge in [-0.2, -0.15) is 0 Å². The van der Waals surface area contributed by atoms with Crippen molar-refractivity contribution in [3.8, 4) is 0 Å². The first kappa shape index (κ1) is 17.9. The second-order valence-corrected chi connectivity index (χ2v) is 7.01. The van der Waals surface area contributed by atoms with Crippen LogP contribution < -0.4 is 5.32 Å². The summed E-state index contributed by atoms with van der Waals surface area (Å²) >= 11 is 0. The summed E-state index contributed by atoms with van der Waals surface area (Å²) in [6.07, 6.45) is 0. The first-order valence-corrected chi connectivity index (χ1v) is 8.65. The Bertz CT molecular complexity index is 843. The third-order valence-corrected chi connectivity index (χ3v) is 4.83. The van der Waals surface area contributed by atoms with Crippen molar-refractivity contribution in [3.05, 3.63) is 71.3 Å². The molecule has 1 atom stereocenters. The molecule has 5 heteroatoms. The third kappa shape index (κ3) is 3.12. The van der Waals surface area contributed by atoms with Gasteiger partial charge in [-0.15, -0.1) is 0 Å². The van der Waals surface area contributed by atoms with E-state index in [9.17, 15) is 14.4 Å². The summed E-state index contributed by atoms with van der Waals surface area (Å²) in [5, 5.41) is 2.74. The number of nitrogens with one attached hydrogen (secondary N) is 1. The zero-order valence-electron chi connectivity index (χ0n) is 15.2. The molecule has 1 aliphatic rings. The van der Waals surface area contributed by atoms with Crippen LogP contribution in [-0.2, 0) is 10.3 Å². The maximum Gasteiger partial charge on any atom is 0.325 e. The molecule has 1 unspecified atom stereocenters. The smallest absolute Gasteiger partial charge is 0.319 e. The van der Waals surface area contributed by atoms with Gasteiger partial charge in [0.15, 0.2) is 5.78 Å². The van der Waals surface area contributed by atoms with E-state index in [1.165, 1.54) is 0 Å². The van der Waals surface area contributed by atoms with Crippen LogP contribution in [-0.4, -0.2) is 29.2 Å². The molecule has 1 N–H and O–H groups in total. The normalized spacial score (nSPS) is 19.8. The lowest BCUT2D eigenvalue weighted by atomic mass is 9.90. The second-order valence-electron chi connectivity index (χ2n) is 7.01. The predicted octanol–water partition coefficient (Wildman–Crippen LogP) is 3.46. The van der Waals surface area contributed by atoms with Crippen LogP contribution in [0.5, 0.6) is 0 Å². The molecule has 0 radical (unpaired) electrons. The van der Waals surface area contributed by atoms with E-state index in [0.717, 1.165) is 10.5 Å². The molecule has 0 spiro atoms. The fourth-order valence-electron chi connectivity index (χ4n) is 3.10. The summed E-state index contributed by atoms with van der Waals surface area (Å²) in [5.41, 5.74) is 1.17. The fraction of sp³-hybridized carbons (Fsp3) is 0.286. The SMILES string of the molecule is CC(C)c1ccc(C2(C)NC(=O)N(CC(=O)c3ccccc3)C2=O)cc1. The molecule has 1 fully saturated rings. The number of benzene rings is 2. The van der Waals surface area contributed by atoms with Gasteiger partial charge in [0.25, 0.3) is 5.91 Å². The van der Waals surface area contributed by atoms with Gasteiger partial charge in [0.1, 0.15) is 5.54 Å². The molecule has 0 aliphatic carbocycles. The molecule has 0 aromatic heterocycles. The fourth-order valence-corrected chi connectivity index (χ4v) is 3.10. The molecule has 1 saturated heterocycles. The molecule has 0 saturated carbocycles. The lowest BCUT2D eigenvalue weighted by molar-refractivity contribution is -0.130. The van der Waals surface area contributed by atoms with E-state index in [2.05, 4.69) is 19.2 Å². The van der Waals surface area contributed by atoms with Crippen LogP contribution in [0, 0.1) is 0 Å². The average molecular weight is 350 g/mol. The summed E-state index contributed by atoms with van der Waals surface area (Å²) in [7, 11) is 0. The third-order valence-electron chi connectivity index (χ3n) is 4.83. The second kappa shape index (κ2) is 6.75. The minimum Gasteiger partial charge on any atom is -0.319 e. The molecule has 134 valence electrons. The van der Waals surface area contributed by atoms with E-state index in [1.54, 1.807) is 31.2 Å². The Morgan fingerprint density at radius 2 is 1.65 bits per heavy atom. The quantitative estimate of drug-likeness (QED) is 0.663. The van der Waals surface area contributed by atoms with Gasteiger partial charge < -0.3 is 5.32 Å². The first-order chi connectivity index (χ1) is 12.3. The minimum absolute atomic E-state index is 0.269. The number of imide groups is 1. The van der Waals surface area contributed by atoms with Crippen molar-refractivity contribution >= 4 is 17.7 Å². The maximum atomic E-state index is 12.9. The Balaban J connectivity index is 1.82. The standard InChI is InChI=1S/C21H22N2O3/c1-14(2)15-9-11-17(12-10-15)21(3)19(25)23(20(26)22-21)13-18(24)16-7-5-4-6-8-16/h4-12,14H,13H2,1-3H3,(H,22,26). The summed E-state index contributed by atoms with van der Waals surface area (Å²) in [6, 6.07) is 15.7. The number of Topliss-reactive ketones (excluding diaryl/α,β-unsaturated/α-hetero) is 1. The highest BCUT2D eigenvalue weighted by molar-refractivity contribution is 6.11. The van der Waals surface area contributed by atoms with Crippen LogP contribution in [0.1, 0.15) is 48.2 Å². The van der Waals surface area contributed by atoms with Gasteiger partial charge in [-0.3, -0.25) is 14.5 Å². The van der Waals surface area contributed by atoms with Crippen molar-refractivity contribution in [1.82, 2.24) is 10.2 Å². The van der Waals surface area contributed by atoms with Crippen LogP contribution in [0.3, 0.4) is 0 Å². The largest absolute Gasteiger partial charge is 0.325 e. The van der Waals surface area contributed by atoms with Gasteiger partial charge in [0.2, 0.25) is 0 Å². The number of hydrogen-bond acceptors (Lipinski definition) is 3. The number of urea groups is 1. The number of carbonyl (C=O) groups is 3. The Morgan fingerprint density at radius 1 is 1.04 bits per heavy atom. The Hall–Kier alpha value is -2.95. The number of nitrogens with zero attached hydrogens (tertiary/aromatic N) is 1. The first-order valence-electron chi connectivity index (χ1n) is 8.65. The molecular weight excluding hydrogens is 328 g/mol. The molecule has 1 heterocycles. The van der Waals surface area contributed by atoms with Crippen LogP contribution in [0.15, 0.2) is 54.6 Å². The van der Waals surface area contributed by atoms with Gasteiger partial charge in [-0.05, 0) is 24.0 Å². The zero-order chi connectivity index (χ0) is 18.9. The number of amides is 3. The summed E-state index contributed by atoms with van der Waals surface area (Å²) in [6.45, 7) is 5.59. The summed E-state index contributed by atoms with van der Waals surface area (Å²) in [4.78, 5) is 38.6. The molecule has 2 aromatic rings. The van der Waals surface area contributed by atoms with E-state index in [-0.39, 0.29) is 12.3 Å². The topological polar surface area (TPSA) is 66.5 Å². The van der Waals surface area contributed by atoms with Gasteiger partial charge in [0.05, 0.1) is 6.54 Å². The van der Waals surface area contributed by atoms with Crippen molar-refractivity contribution in [2.45, 2.75) is 32.2 Å². The predicted molar refractivity (Wildman–Crippen MR) is 98.9 cm³/mol. The molecule has 3 rings (SSSR count). The lowest BCUT2D eigenvalue weighted by Gasteiger charge is -2.22. The van der Waals surface area contributed by atoms with Crippen LogP contribution in [0.4, 0.5) is 4.79 Å². The highest BCUT2D eigenvalue weighted by Gasteiger charge is 2.49. The van der Waals surface area contributed by atoms with Crippen LogP contribution in [0.2, 0.25) is 0 Å². The van der Waals surface area contributed by atoms with Crippen molar-refractivity contribution in [1.29, 1.82) is 0 Å². The summed E-state index contributed by atoms with van der Waals surface area (Å²) < 4.78 is 0. The van der Waals surface area contributed by atoms with Gasteiger partial charge in [-0.1, -0.05) is 68.4 Å². The zero-order valence-corrected chi connectivity index (χ0v) is 15.2. The lowest BCUT2D eigenvalue weighted by Crippen LogP contribution is -2.41. The maximum absolute atomic E-state index is 12.9. The molecule has 2 aromatic carbocycles. The van der Waals surface area contributed by atoms with Gasteiger partial charge >= 0.3 is 6.03 Å². The van der Waals surface area contributed by atoms with Crippen LogP contribution in [0.25, 0.3) is 0 Å².